The zero-order valence-corrected chi connectivity index (χ0v) is 24.9. The maximum Gasteiger partial charge on any atom is 0.111 e. The van der Waals surface area contributed by atoms with E-state index in [2.05, 4.69) is 13.5 Å². The third-order valence-corrected chi connectivity index (χ3v) is 4.83. The Balaban J connectivity index is 3.02. The summed E-state index contributed by atoms with van der Waals surface area (Å²) in [7, 11) is 0. The largest absolute Gasteiger partial charge is 0.499 e. The van der Waals surface area contributed by atoms with Crippen molar-refractivity contribution in [2.45, 2.75) is 19.8 Å². The van der Waals surface area contributed by atoms with Gasteiger partial charge >= 0.3 is 0 Å². The number of hydrogen-bond donors (Lipinski definition) is 0. The summed E-state index contributed by atoms with van der Waals surface area (Å²) in [5, 5.41) is 0. The van der Waals surface area contributed by atoms with E-state index in [1.54, 1.807) is 0 Å². The van der Waals surface area contributed by atoms with Gasteiger partial charge in [0.15, 0.2) is 0 Å². The first-order valence-electron chi connectivity index (χ1n) is 14.5. The summed E-state index contributed by atoms with van der Waals surface area (Å²) in [6.45, 7) is 18.2. The molecule has 240 valence electrons. The molecule has 0 saturated carbocycles. The second-order valence-electron chi connectivity index (χ2n) is 8.13. The molecule has 0 heterocycles. The Hall–Kier alpha value is -0.900. The number of rotatable bonds is 37. The minimum absolute atomic E-state index is 0.504. The van der Waals surface area contributed by atoms with Gasteiger partial charge in [-0.1, -0.05) is 19.9 Å². The average Bonchev–Trinajstić information content (AvgIpc) is 2.97. The van der Waals surface area contributed by atoms with Crippen LogP contribution in [0.15, 0.2) is 12.8 Å². The summed E-state index contributed by atoms with van der Waals surface area (Å²) in [6.07, 6.45) is 3.64. The summed E-state index contributed by atoms with van der Waals surface area (Å²) >= 11 is 0. The first kappa shape index (κ1) is 39.1. The van der Waals surface area contributed by atoms with E-state index in [1.807, 2.05) is 0 Å². The van der Waals surface area contributed by atoms with E-state index in [4.69, 9.17) is 56.8 Å². The van der Waals surface area contributed by atoms with Crippen LogP contribution >= 0.6 is 0 Å². The molecule has 0 N–H and O–H groups in total. The quantitative estimate of drug-likeness (QED) is 0.0788. The lowest BCUT2D eigenvalue weighted by Gasteiger charge is -2.09. The number of unbranched alkanes of at least 4 members (excludes halogenated alkanes) is 1. The van der Waals surface area contributed by atoms with Gasteiger partial charge in [0.1, 0.15) is 6.61 Å². The van der Waals surface area contributed by atoms with Gasteiger partial charge in [0, 0.05) is 6.61 Å². The normalized spacial score (nSPS) is 11.3. The molecule has 0 bridgehead atoms. The standard InChI is InChI=1S/C28H56O12/c1-3-5-6-30-9-10-32-13-14-34-17-18-36-21-22-38-25-26-40-28-27-39-24-23-37-20-19-35-16-15-33-12-11-31-8-7-29-4-2/h4H,2-3,5-28H2,1H3. The lowest BCUT2D eigenvalue weighted by atomic mass is 10.4. The molecule has 0 radical (unpaired) electrons. The Labute approximate surface area is 241 Å². The van der Waals surface area contributed by atoms with E-state index in [0.717, 1.165) is 19.4 Å². The van der Waals surface area contributed by atoms with Crippen LogP contribution in [0.1, 0.15) is 19.8 Å². The molecular weight excluding hydrogens is 528 g/mol. The highest BCUT2D eigenvalue weighted by Crippen LogP contribution is 1.89. The Morgan fingerprint density at radius 2 is 0.525 bits per heavy atom. The van der Waals surface area contributed by atoms with E-state index in [1.165, 1.54) is 6.26 Å². The van der Waals surface area contributed by atoms with E-state index in [9.17, 15) is 0 Å². The second-order valence-corrected chi connectivity index (χ2v) is 8.13. The van der Waals surface area contributed by atoms with Gasteiger partial charge in [-0.3, -0.25) is 0 Å². The minimum Gasteiger partial charge on any atom is -0.499 e. The van der Waals surface area contributed by atoms with Crippen LogP contribution in [0.25, 0.3) is 0 Å². The van der Waals surface area contributed by atoms with Gasteiger partial charge in [-0.05, 0) is 6.42 Å². The topological polar surface area (TPSA) is 111 Å². The Morgan fingerprint density at radius 3 is 0.725 bits per heavy atom. The maximum atomic E-state index is 5.47. The van der Waals surface area contributed by atoms with Crippen LogP contribution in [0, 0.1) is 0 Å². The van der Waals surface area contributed by atoms with Gasteiger partial charge in [0.25, 0.3) is 0 Å². The average molecular weight is 585 g/mol. The predicted octanol–water partition coefficient (Wildman–Crippen LogP) is 2.13. The Morgan fingerprint density at radius 1 is 0.325 bits per heavy atom. The fourth-order valence-corrected chi connectivity index (χ4v) is 2.74. The molecule has 0 rings (SSSR count). The van der Waals surface area contributed by atoms with Crippen LogP contribution < -0.4 is 0 Å². The van der Waals surface area contributed by atoms with Gasteiger partial charge < -0.3 is 56.8 Å². The van der Waals surface area contributed by atoms with Gasteiger partial charge in [-0.2, -0.15) is 0 Å². The number of hydrogen-bond acceptors (Lipinski definition) is 12. The van der Waals surface area contributed by atoms with Crippen LogP contribution in [0.2, 0.25) is 0 Å². The molecule has 0 fully saturated rings. The van der Waals surface area contributed by atoms with Crippen molar-refractivity contribution < 1.29 is 56.8 Å². The fraction of sp³-hybridized carbons (Fsp3) is 0.929. The minimum atomic E-state index is 0.504. The first-order chi connectivity index (χ1) is 19.9. The monoisotopic (exact) mass is 584 g/mol. The van der Waals surface area contributed by atoms with E-state index in [-0.39, 0.29) is 0 Å². The maximum absolute atomic E-state index is 5.47. The lowest BCUT2D eigenvalue weighted by molar-refractivity contribution is -0.0278. The first-order valence-corrected chi connectivity index (χ1v) is 14.5. The molecule has 0 atom stereocenters. The molecule has 0 aliphatic carbocycles. The van der Waals surface area contributed by atoms with Crippen molar-refractivity contribution in [3.8, 4) is 0 Å². The van der Waals surface area contributed by atoms with Crippen molar-refractivity contribution >= 4 is 0 Å². The highest BCUT2D eigenvalue weighted by molar-refractivity contribution is 4.47. The Bertz CT molecular complexity index is 459. The van der Waals surface area contributed by atoms with Crippen molar-refractivity contribution in [2.24, 2.45) is 0 Å². The van der Waals surface area contributed by atoms with E-state index in [0.29, 0.717) is 145 Å². The summed E-state index contributed by atoms with van der Waals surface area (Å²) in [5.41, 5.74) is 0. The van der Waals surface area contributed by atoms with Crippen molar-refractivity contribution in [2.75, 3.05) is 152 Å². The third kappa shape index (κ3) is 37.1. The van der Waals surface area contributed by atoms with Crippen molar-refractivity contribution in [1.29, 1.82) is 0 Å². The summed E-state index contributed by atoms with van der Waals surface area (Å²) < 4.78 is 64.7. The third-order valence-electron chi connectivity index (χ3n) is 4.83. The van der Waals surface area contributed by atoms with Crippen molar-refractivity contribution in [3.63, 3.8) is 0 Å². The summed E-state index contributed by atoms with van der Waals surface area (Å²) in [6, 6.07) is 0. The lowest BCUT2D eigenvalue weighted by Crippen LogP contribution is -2.15. The number of ether oxygens (including phenoxy) is 12. The SMILES string of the molecule is C=COCCOCCOCCOCCOCCOCCOCCOCCOCCOCCOCCOCCCC. The molecule has 0 amide bonds. The fourth-order valence-electron chi connectivity index (χ4n) is 2.74. The molecule has 0 aromatic carbocycles. The zero-order valence-electron chi connectivity index (χ0n) is 24.9. The van der Waals surface area contributed by atoms with E-state index >= 15 is 0 Å². The highest BCUT2D eigenvalue weighted by Gasteiger charge is 1.96. The highest BCUT2D eigenvalue weighted by atomic mass is 16.6. The van der Waals surface area contributed by atoms with E-state index < -0.39 is 0 Å². The summed E-state index contributed by atoms with van der Waals surface area (Å²) in [4.78, 5) is 0. The molecule has 40 heavy (non-hydrogen) atoms. The molecule has 0 unspecified atom stereocenters. The van der Waals surface area contributed by atoms with Crippen LogP contribution in [-0.2, 0) is 56.8 Å². The predicted molar refractivity (Wildman–Crippen MR) is 150 cm³/mol. The van der Waals surface area contributed by atoms with Gasteiger partial charge in [0.05, 0.1) is 145 Å². The zero-order chi connectivity index (χ0) is 28.9. The van der Waals surface area contributed by atoms with Crippen molar-refractivity contribution in [1.82, 2.24) is 0 Å². The molecule has 0 aliphatic heterocycles. The second kappa shape index (κ2) is 38.1. The van der Waals surface area contributed by atoms with Crippen LogP contribution in [0.4, 0.5) is 0 Å². The van der Waals surface area contributed by atoms with Crippen molar-refractivity contribution in [3.05, 3.63) is 12.8 Å². The molecule has 0 aromatic heterocycles. The van der Waals surface area contributed by atoms with Crippen LogP contribution in [-0.4, -0.2) is 152 Å². The van der Waals surface area contributed by atoms with Crippen LogP contribution in [0.3, 0.4) is 0 Å². The van der Waals surface area contributed by atoms with Gasteiger partial charge in [0.2, 0.25) is 0 Å². The molecule has 0 saturated heterocycles. The Kier molecular flexibility index (Phi) is 37.2. The molecule has 0 aliphatic rings. The molecule has 12 nitrogen and oxygen atoms in total. The molecule has 12 heteroatoms. The van der Waals surface area contributed by atoms with Gasteiger partial charge in [-0.25, -0.2) is 0 Å². The molecule has 0 spiro atoms. The smallest absolute Gasteiger partial charge is 0.111 e. The molecule has 0 aromatic rings. The summed E-state index contributed by atoms with van der Waals surface area (Å²) in [5.74, 6) is 0. The van der Waals surface area contributed by atoms with Gasteiger partial charge in [-0.15, -0.1) is 0 Å². The van der Waals surface area contributed by atoms with Crippen LogP contribution in [0.5, 0.6) is 0 Å². The molecular formula is C28H56O12.